The van der Waals surface area contributed by atoms with Gasteiger partial charge in [-0.2, -0.15) is 0 Å². The van der Waals surface area contributed by atoms with E-state index in [-0.39, 0.29) is 11.2 Å². The van der Waals surface area contributed by atoms with Crippen LogP contribution in [-0.4, -0.2) is 19.7 Å². The van der Waals surface area contributed by atoms with E-state index in [1.807, 2.05) is 13.8 Å². The summed E-state index contributed by atoms with van der Waals surface area (Å²) in [6.07, 6.45) is 1.07. The van der Waals surface area contributed by atoms with Crippen molar-refractivity contribution >= 4 is 0 Å². The number of ether oxygens (including phenoxy) is 1. The lowest BCUT2D eigenvalue weighted by Crippen LogP contribution is -2.34. The molecule has 0 radical (unpaired) electrons. The van der Waals surface area contributed by atoms with Crippen molar-refractivity contribution in [3.05, 3.63) is 29.8 Å². The molecule has 0 aliphatic heterocycles. The summed E-state index contributed by atoms with van der Waals surface area (Å²) >= 11 is 0. The van der Waals surface area contributed by atoms with Gasteiger partial charge >= 0.3 is 0 Å². The molecule has 0 amide bonds. The van der Waals surface area contributed by atoms with E-state index in [0.717, 1.165) is 25.6 Å². The van der Waals surface area contributed by atoms with Gasteiger partial charge < -0.3 is 10.1 Å². The zero-order valence-corrected chi connectivity index (χ0v) is 11.2. The van der Waals surface area contributed by atoms with Crippen molar-refractivity contribution in [2.75, 3.05) is 19.7 Å². The Morgan fingerprint density at radius 2 is 2.00 bits per heavy atom. The van der Waals surface area contributed by atoms with Crippen molar-refractivity contribution < 1.29 is 13.5 Å². The Labute approximate surface area is 107 Å². The fraction of sp³-hybridized carbons (Fsp3) is 0.571. The Morgan fingerprint density at radius 3 is 2.61 bits per heavy atom. The average molecular weight is 257 g/mol. The lowest BCUT2D eigenvalue weighted by Gasteiger charge is -2.25. The van der Waals surface area contributed by atoms with Gasteiger partial charge in [0, 0.05) is 18.0 Å². The number of nitrogens with one attached hydrogen (secondary N) is 1. The molecule has 102 valence electrons. The molecular weight excluding hydrogens is 236 g/mol. The van der Waals surface area contributed by atoms with Crippen LogP contribution in [-0.2, 0) is 0 Å². The predicted molar refractivity (Wildman–Crippen MR) is 68.8 cm³/mol. The first-order chi connectivity index (χ1) is 8.44. The normalized spacial score (nSPS) is 11.6. The first-order valence-corrected chi connectivity index (χ1v) is 6.23. The molecule has 1 aromatic rings. The Balaban J connectivity index is 2.48. The van der Waals surface area contributed by atoms with Crippen molar-refractivity contribution in [1.29, 1.82) is 0 Å². The molecule has 4 heteroatoms. The molecule has 0 unspecified atom stereocenters. The van der Waals surface area contributed by atoms with Gasteiger partial charge in [0.1, 0.15) is 5.82 Å². The standard InChI is InChI=1S/C14H21F2NO/c1-4-7-17-9-14(2,3)10-18-13-6-5-11(15)8-12(13)16/h5-6,8,17H,4,7,9-10H2,1-3H3. The van der Waals surface area contributed by atoms with Gasteiger partial charge in [0.25, 0.3) is 0 Å². The van der Waals surface area contributed by atoms with Gasteiger partial charge in [0.2, 0.25) is 0 Å². The second-order valence-electron chi connectivity index (χ2n) is 5.20. The number of rotatable bonds is 7. The SMILES string of the molecule is CCCNCC(C)(C)COc1ccc(F)cc1F. The van der Waals surface area contributed by atoms with Crippen LogP contribution in [0.15, 0.2) is 18.2 Å². The molecular formula is C14H21F2NO. The van der Waals surface area contributed by atoms with Crippen molar-refractivity contribution in [2.45, 2.75) is 27.2 Å². The zero-order valence-electron chi connectivity index (χ0n) is 11.2. The van der Waals surface area contributed by atoms with Crippen LogP contribution >= 0.6 is 0 Å². The average Bonchev–Trinajstić information content (AvgIpc) is 2.28. The molecule has 0 bridgehead atoms. The van der Waals surface area contributed by atoms with Gasteiger partial charge in [-0.05, 0) is 25.1 Å². The molecule has 0 saturated heterocycles. The minimum Gasteiger partial charge on any atom is -0.490 e. The zero-order chi connectivity index (χ0) is 13.6. The minimum absolute atomic E-state index is 0.0972. The van der Waals surface area contributed by atoms with Crippen LogP contribution in [0.3, 0.4) is 0 Å². The third-order valence-corrected chi connectivity index (χ3v) is 2.54. The maximum Gasteiger partial charge on any atom is 0.167 e. The fourth-order valence-electron chi connectivity index (χ4n) is 1.52. The predicted octanol–water partition coefficient (Wildman–Crippen LogP) is 3.37. The van der Waals surface area contributed by atoms with E-state index < -0.39 is 11.6 Å². The van der Waals surface area contributed by atoms with Gasteiger partial charge in [-0.1, -0.05) is 20.8 Å². The summed E-state index contributed by atoms with van der Waals surface area (Å²) < 4.78 is 31.5. The lowest BCUT2D eigenvalue weighted by molar-refractivity contribution is 0.171. The first-order valence-electron chi connectivity index (χ1n) is 6.23. The van der Waals surface area contributed by atoms with Crippen molar-refractivity contribution in [3.8, 4) is 5.75 Å². The van der Waals surface area contributed by atoms with E-state index in [1.54, 1.807) is 0 Å². The summed E-state index contributed by atoms with van der Waals surface area (Å²) in [5, 5.41) is 3.30. The molecule has 1 rings (SSSR count). The van der Waals surface area contributed by atoms with Crippen LogP contribution in [0.1, 0.15) is 27.2 Å². The summed E-state index contributed by atoms with van der Waals surface area (Å²) in [6, 6.07) is 3.35. The third kappa shape index (κ3) is 5.00. The van der Waals surface area contributed by atoms with E-state index >= 15 is 0 Å². The van der Waals surface area contributed by atoms with E-state index in [9.17, 15) is 8.78 Å². The maximum atomic E-state index is 13.4. The summed E-state index contributed by atoms with van der Waals surface area (Å²) in [4.78, 5) is 0. The molecule has 0 spiro atoms. The summed E-state index contributed by atoms with van der Waals surface area (Å²) in [5.74, 6) is -1.16. The second-order valence-corrected chi connectivity index (χ2v) is 5.20. The van der Waals surface area contributed by atoms with Crippen LogP contribution in [0.4, 0.5) is 8.78 Å². The topological polar surface area (TPSA) is 21.3 Å². The highest BCUT2D eigenvalue weighted by molar-refractivity contribution is 5.24. The van der Waals surface area contributed by atoms with Crippen LogP contribution < -0.4 is 10.1 Å². The Kier molecular flexibility index (Phi) is 5.54. The van der Waals surface area contributed by atoms with E-state index in [0.29, 0.717) is 6.61 Å². The van der Waals surface area contributed by atoms with Crippen molar-refractivity contribution in [1.82, 2.24) is 5.32 Å². The highest BCUT2D eigenvalue weighted by Crippen LogP contribution is 2.21. The van der Waals surface area contributed by atoms with Crippen LogP contribution in [0, 0.1) is 17.0 Å². The molecule has 0 saturated carbocycles. The van der Waals surface area contributed by atoms with Crippen molar-refractivity contribution in [2.24, 2.45) is 5.41 Å². The van der Waals surface area contributed by atoms with Crippen LogP contribution in [0.25, 0.3) is 0 Å². The molecule has 0 atom stereocenters. The van der Waals surface area contributed by atoms with Crippen LogP contribution in [0.5, 0.6) is 5.75 Å². The summed E-state index contributed by atoms with van der Waals surface area (Å²) in [6.45, 7) is 8.31. The summed E-state index contributed by atoms with van der Waals surface area (Å²) in [7, 11) is 0. The first kappa shape index (κ1) is 14.9. The highest BCUT2D eigenvalue weighted by Gasteiger charge is 2.19. The molecule has 0 fully saturated rings. The van der Waals surface area contributed by atoms with E-state index in [1.165, 1.54) is 12.1 Å². The largest absolute Gasteiger partial charge is 0.490 e. The Bertz CT molecular complexity index is 380. The van der Waals surface area contributed by atoms with Gasteiger partial charge in [-0.3, -0.25) is 0 Å². The number of benzene rings is 1. The highest BCUT2D eigenvalue weighted by atomic mass is 19.1. The van der Waals surface area contributed by atoms with Crippen LogP contribution in [0.2, 0.25) is 0 Å². The third-order valence-electron chi connectivity index (χ3n) is 2.54. The number of halogens is 2. The van der Waals surface area contributed by atoms with Crippen molar-refractivity contribution in [3.63, 3.8) is 0 Å². The quantitative estimate of drug-likeness (QED) is 0.756. The minimum atomic E-state index is -0.660. The van der Waals surface area contributed by atoms with Gasteiger partial charge in [0.05, 0.1) is 6.61 Å². The Hall–Kier alpha value is -1.16. The van der Waals surface area contributed by atoms with Gasteiger partial charge in [0.15, 0.2) is 11.6 Å². The van der Waals surface area contributed by atoms with E-state index in [4.69, 9.17) is 4.74 Å². The number of hydrogen-bond donors (Lipinski definition) is 1. The molecule has 0 heterocycles. The molecule has 0 aromatic heterocycles. The lowest BCUT2D eigenvalue weighted by atomic mass is 9.95. The van der Waals surface area contributed by atoms with Gasteiger partial charge in [-0.25, -0.2) is 8.78 Å². The molecule has 0 aliphatic rings. The monoisotopic (exact) mass is 257 g/mol. The molecule has 0 aliphatic carbocycles. The molecule has 18 heavy (non-hydrogen) atoms. The summed E-state index contributed by atoms with van der Waals surface area (Å²) in [5.41, 5.74) is -0.101. The fourth-order valence-corrected chi connectivity index (χ4v) is 1.52. The Morgan fingerprint density at radius 1 is 1.28 bits per heavy atom. The second kappa shape index (κ2) is 6.69. The van der Waals surface area contributed by atoms with E-state index in [2.05, 4.69) is 12.2 Å². The maximum absolute atomic E-state index is 13.4. The molecule has 1 aromatic carbocycles. The smallest absolute Gasteiger partial charge is 0.167 e. The molecule has 1 N–H and O–H groups in total. The molecule has 2 nitrogen and oxygen atoms in total. The number of hydrogen-bond acceptors (Lipinski definition) is 2. The van der Waals surface area contributed by atoms with Gasteiger partial charge in [-0.15, -0.1) is 0 Å².